The monoisotopic (exact) mass is 690 g/mol. The molecule has 0 fully saturated rings. The molecule has 8 N–H and O–H groups in total. The molecule has 266 valence electrons. The van der Waals surface area contributed by atoms with Crippen LogP contribution in [-0.4, -0.2) is 69.5 Å². The van der Waals surface area contributed by atoms with Crippen LogP contribution in [0, 0.1) is 16.0 Å². The fourth-order valence-electron chi connectivity index (χ4n) is 4.83. The lowest BCUT2D eigenvalue weighted by Gasteiger charge is -2.30. The first-order chi connectivity index (χ1) is 23.8. The number of nitrogens with zero attached hydrogens (tertiary/aromatic N) is 3. The smallest absolute Gasteiger partial charge is 0.432 e. The third-order valence-electron chi connectivity index (χ3n) is 7.43. The molecule has 0 saturated heterocycles. The Morgan fingerprint density at radius 2 is 1.48 bits per heavy atom. The molecule has 0 aliphatic rings. The number of hydroxylamine groups is 2. The second kappa shape index (κ2) is 19.1. The molecule has 16 heteroatoms. The summed E-state index contributed by atoms with van der Waals surface area (Å²) in [6.45, 7) is 3.40. The van der Waals surface area contributed by atoms with Crippen molar-refractivity contribution >= 4 is 41.1 Å². The summed E-state index contributed by atoms with van der Waals surface area (Å²) in [5.41, 5.74) is 12.2. The molecule has 0 heterocycles. The molecule has 3 atom stereocenters. The summed E-state index contributed by atoms with van der Waals surface area (Å²) in [4.78, 5) is 73.4. The Morgan fingerprint density at radius 1 is 0.880 bits per heavy atom. The molecule has 4 amide bonds. The molecule has 0 unspecified atom stereocenters. The zero-order valence-corrected chi connectivity index (χ0v) is 27.7. The number of nitro groups is 1. The van der Waals surface area contributed by atoms with Gasteiger partial charge < -0.3 is 32.5 Å². The lowest BCUT2D eigenvalue weighted by molar-refractivity contribution is -0.384. The minimum atomic E-state index is -1.51. The molecule has 50 heavy (non-hydrogen) atoms. The molecule has 0 bridgehead atoms. The van der Waals surface area contributed by atoms with Crippen molar-refractivity contribution < 1.29 is 34.0 Å². The number of carbonyl (C=O) groups is 4. The van der Waals surface area contributed by atoms with Crippen LogP contribution in [-0.2, 0) is 32.2 Å². The van der Waals surface area contributed by atoms with E-state index in [-0.39, 0.29) is 43.3 Å². The van der Waals surface area contributed by atoms with Gasteiger partial charge in [-0.25, -0.2) is 4.79 Å². The Balaban J connectivity index is 1.83. The van der Waals surface area contributed by atoms with Gasteiger partial charge in [0, 0.05) is 30.8 Å². The maximum Gasteiger partial charge on any atom is 0.432 e. The van der Waals surface area contributed by atoms with Gasteiger partial charge in [0.25, 0.3) is 5.69 Å². The minimum absolute atomic E-state index is 0.0642. The number of hydrogen-bond acceptors (Lipinski definition) is 8. The number of anilines is 1. The third kappa shape index (κ3) is 12.2. The lowest BCUT2D eigenvalue weighted by atomic mass is 10.00. The highest BCUT2D eigenvalue weighted by Gasteiger charge is 2.36. The van der Waals surface area contributed by atoms with E-state index in [1.165, 1.54) is 24.3 Å². The molecule has 0 spiro atoms. The molecule has 3 aromatic carbocycles. The molecule has 16 nitrogen and oxygen atoms in total. The zero-order chi connectivity index (χ0) is 36.6. The molecule has 0 aromatic heterocycles. The Bertz CT molecular complexity index is 1620. The van der Waals surface area contributed by atoms with Crippen molar-refractivity contribution in [3.05, 3.63) is 106 Å². The number of nitrogens with one attached hydrogen (secondary N) is 3. The van der Waals surface area contributed by atoms with Crippen LogP contribution >= 0.6 is 0 Å². The van der Waals surface area contributed by atoms with E-state index in [9.17, 15) is 34.4 Å². The highest BCUT2D eigenvalue weighted by atomic mass is 16.7. The number of nitro benzene ring substituents is 1. The number of guanidine groups is 1. The van der Waals surface area contributed by atoms with Gasteiger partial charge in [0.15, 0.2) is 5.96 Å². The van der Waals surface area contributed by atoms with E-state index in [2.05, 4.69) is 20.9 Å². The van der Waals surface area contributed by atoms with Gasteiger partial charge in [-0.1, -0.05) is 74.5 Å². The summed E-state index contributed by atoms with van der Waals surface area (Å²) in [6.07, 6.45) is -1.19. The quantitative estimate of drug-likeness (QED) is 0.0375. The van der Waals surface area contributed by atoms with Crippen molar-refractivity contribution in [1.29, 1.82) is 0 Å². The van der Waals surface area contributed by atoms with Crippen LogP contribution in [0.4, 0.5) is 16.2 Å². The van der Waals surface area contributed by atoms with Crippen LogP contribution in [0.3, 0.4) is 0 Å². The van der Waals surface area contributed by atoms with Gasteiger partial charge in [-0.05, 0) is 42.0 Å². The summed E-state index contributed by atoms with van der Waals surface area (Å²) in [5.74, 6) is -2.77. The molecular weight excluding hydrogens is 648 g/mol. The van der Waals surface area contributed by atoms with E-state index in [4.69, 9.17) is 16.3 Å². The summed E-state index contributed by atoms with van der Waals surface area (Å²) in [6, 6.07) is 19.0. The Labute approximate surface area is 289 Å². The van der Waals surface area contributed by atoms with Crippen LogP contribution in [0.15, 0.2) is 89.9 Å². The number of carboxylic acid groups (broad SMARTS) is 1. The van der Waals surface area contributed by atoms with Gasteiger partial charge in [0.05, 0.1) is 4.92 Å². The van der Waals surface area contributed by atoms with Crippen LogP contribution < -0.4 is 27.4 Å². The summed E-state index contributed by atoms with van der Waals surface area (Å²) >= 11 is 0. The van der Waals surface area contributed by atoms with E-state index in [1.54, 1.807) is 74.5 Å². The van der Waals surface area contributed by atoms with Crippen LogP contribution in [0.5, 0.6) is 0 Å². The van der Waals surface area contributed by atoms with Gasteiger partial charge in [-0.3, -0.25) is 34.3 Å². The summed E-state index contributed by atoms with van der Waals surface area (Å²) < 4.78 is 0. The Hall–Kier alpha value is -6.03. The van der Waals surface area contributed by atoms with E-state index in [0.29, 0.717) is 22.6 Å². The number of nitrogens with two attached hydrogens (primary N) is 2. The highest BCUT2D eigenvalue weighted by Crippen LogP contribution is 2.17. The van der Waals surface area contributed by atoms with E-state index in [1.807, 2.05) is 0 Å². The third-order valence-corrected chi connectivity index (χ3v) is 7.43. The zero-order valence-electron chi connectivity index (χ0n) is 27.7. The Kier molecular flexibility index (Phi) is 14.7. The van der Waals surface area contributed by atoms with Gasteiger partial charge in [0.1, 0.15) is 24.7 Å². The van der Waals surface area contributed by atoms with E-state index in [0.717, 1.165) is 0 Å². The van der Waals surface area contributed by atoms with Gasteiger partial charge >= 0.3 is 6.09 Å². The van der Waals surface area contributed by atoms with Crippen molar-refractivity contribution in [2.24, 2.45) is 22.4 Å². The number of carbonyl (C=O) groups excluding carboxylic acids is 3. The number of aliphatic imine (C=N–C) groups is 1. The molecule has 0 aliphatic carbocycles. The fraction of sp³-hybridized carbons (Fsp3) is 0.324. The summed E-state index contributed by atoms with van der Waals surface area (Å²) in [5, 5.41) is 29.7. The molecule has 0 saturated carbocycles. The normalized spacial score (nSPS) is 12.5. The average Bonchev–Trinajstić information content (AvgIpc) is 3.08. The maximum absolute atomic E-state index is 13.9. The molecule has 3 rings (SSSR count). The second-order valence-electron chi connectivity index (χ2n) is 11.6. The summed E-state index contributed by atoms with van der Waals surface area (Å²) in [7, 11) is 0. The molecule has 3 aromatic rings. The van der Waals surface area contributed by atoms with Crippen LogP contribution in [0.2, 0.25) is 0 Å². The van der Waals surface area contributed by atoms with Gasteiger partial charge in [0.2, 0.25) is 17.7 Å². The number of non-ortho nitro benzene ring substituents is 1. The number of hydrogen-bond donors (Lipinski definition) is 6. The standard InChI is InChI=1S/C34H42N8O8/c1-22(2)29(32(45)39-27(14-9-19-37-33(35)36)30(43)38-25-15-17-26(18-16-25)42(48)49)40-31(44)28(20-23-10-5-3-6-11-23)41(34(46)47)50-21-24-12-7-4-8-13-24/h3-8,10-13,15-18,22,27-29H,9,14,19-21H2,1-2H3,(H,38,43)(H,39,45)(H,40,44)(H,46,47)(H4,35,36,37)/t27-,28-,29-/m0/s1. The average molecular weight is 691 g/mol. The van der Waals surface area contributed by atoms with E-state index < -0.39 is 52.8 Å². The molecule has 0 radical (unpaired) electrons. The maximum atomic E-state index is 13.9. The van der Waals surface area contributed by atoms with E-state index >= 15 is 0 Å². The number of amides is 4. The Morgan fingerprint density at radius 3 is 2.02 bits per heavy atom. The predicted molar refractivity (Wildman–Crippen MR) is 185 cm³/mol. The van der Waals surface area contributed by atoms with Crippen LogP contribution in [0.1, 0.15) is 37.8 Å². The first-order valence-electron chi connectivity index (χ1n) is 15.8. The molecule has 0 aliphatic heterocycles. The fourth-order valence-corrected chi connectivity index (χ4v) is 4.83. The predicted octanol–water partition coefficient (Wildman–Crippen LogP) is 2.94. The largest absolute Gasteiger partial charge is 0.463 e. The first-order valence-corrected chi connectivity index (χ1v) is 15.8. The van der Waals surface area contributed by atoms with Crippen molar-refractivity contribution in [2.45, 2.75) is 57.8 Å². The van der Waals surface area contributed by atoms with Crippen LogP contribution in [0.25, 0.3) is 0 Å². The minimum Gasteiger partial charge on any atom is -0.463 e. The first kappa shape index (κ1) is 38.4. The van der Waals surface area contributed by atoms with Crippen molar-refractivity contribution in [3.63, 3.8) is 0 Å². The van der Waals surface area contributed by atoms with Crippen molar-refractivity contribution in [2.75, 3.05) is 11.9 Å². The van der Waals surface area contributed by atoms with Crippen molar-refractivity contribution in [1.82, 2.24) is 15.7 Å². The topological polar surface area (TPSA) is 245 Å². The van der Waals surface area contributed by atoms with Gasteiger partial charge in [-0.2, -0.15) is 5.06 Å². The second-order valence-corrected chi connectivity index (χ2v) is 11.6. The van der Waals surface area contributed by atoms with Gasteiger partial charge in [-0.15, -0.1) is 0 Å². The van der Waals surface area contributed by atoms with Crippen molar-refractivity contribution in [3.8, 4) is 0 Å². The SMILES string of the molecule is CC(C)[C@H](NC(=O)[C@H](Cc1ccccc1)N(OCc1ccccc1)C(=O)O)C(=O)N[C@@H](CCCN=C(N)N)C(=O)Nc1ccc([N+](=O)[O-])cc1. The lowest BCUT2D eigenvalue weighted by Crippen LogP contribution is -2.58. The highest BCUT2D eigenvalue weighted by molar-refractivity contribution is 5.99. The number of rotatable bonds is 18. The number of benzene rings is 3. The molecular formula is C34H42N8O8.